The van der Waals surface area contributed by atoms with E-state index in [1.807, 2.05) is 0 Å². The highest BCUT2D eigenvalue weighted by atomic mass is 35.5. The molecule has 1 aromatic heterocycles. The van der Waals surface area contributed by atoms with Crippen molar-refractivity contribution in [2.75, 3.05) is 26.2 Å². The number of rotatable bonds is 8. The van der Waals surface area contributed by atoms with Crippen LogP contribution in [0.1, 0.15) is 46.0 Å². The molecule has 1 unspecified atom stereocenters. The van der Waals surface area contributed by atoms with E-state index >= 15 is 0 Å². The lowest BCUT2D eigenvalue weighted by molar-refractivity contribution is -0.139. The number of benzene rings is 2. The number of carbonyl (C=O) groups is 4. The highest BCUT2D eigenvalue weighted by Crippen LogP contribution is 2.27. The van der Waals surface area contributed by atoms with Crippen molar-refractivity contribution < 1.29 is 28.0 Å². The lowest BCUT2D eigenvalue weighted by Gasteiger charge is -2.24. The number of nitrogens with one attached hydrogen (secondary N) is 1. The molecule has 5 rings (SSSR count). The zero-order valence-corrected chi connectivity index (χ0v) is 23.9. The summed E-state index contributed by atoms with van der Waals surface area (Å²) in [6.07, 6.45) is 0.764. The van der Waals surface area contributed by atoms with Crippen LogP contribution in [-0.4, -0.2) is 76.3 Å². The van der Waals surface area contributed by atoms with Crippen molar-refractivity contribution in [2.45, 2.75) is 45.1 Å². The van der Waals surface area contributed by atoms with Gasteiger partial charge in [0.25, 0.3) is 5.91 Å². The summed E-state index contributed by atoms with van der Waals surface area (Å²) in [6.45, 7) is 2.35. The summed E-state index contributed by atoms with van der Waals surface area (Å²) in [5, 5.41) is 3.07. The van der Waals surface area contributed by atoms with E-state index in [1.54, 1.807) is 39.9 Å². The summed E-state index contributed by atoms with van der Waals surface area (Å²) in [7, 11) is 0. The molecule has 3 atom stereocenters. The van der Waals surface area contributed by atoms with Crippen LogP contribution in [0, 0.1) is 11.7 Å². The Kier molecular flexibility index (Phi) is 8.60. The van der Waals surface area contributed by atoms with E-state index < -0.39 is 29.8 Å². The Hall–Kier alpha value is -3.83. The Bertz CT molecular complexity index is 1560. The summed E-state index contributed by atoms with van der Waals surface area (Å²) in [5.41, 5.74) is 7.23. The van der Waals surface area contributed by atoms with E-state index in [2.05, 4.69) is 5.32 Å². The molecule has 2 aromatic carbocycles. The molecule has 12 heteroatoms. The lowest BCUT2D eigenvalue weighted by atomic mass is 10.1. The lowest BCUT2D eigenvalue weighted by Crippen LogP contribution is -2.46. The van der Waals surface area contributed by atoms with Crippen LogP contribution < -0.4 is 11.1 Å². The maximum Gasteiger partial charge on any atom is 0.253 e. The fraction of sp³-hybridized carbons (Fsp3) is 0.400. The number of fused-ring (bicyclic) bond motifs is 1. The van der Waals surface area contributed by atoms with Gasteiger partial charge in [0.15, 0.2) is 5.78 Å². The smallest absolute Gasteiger partial charge is 0.253 e. The first-order valence-electron chi connectivity index (χ1n) is 13.8. The minimum absolute atomic E-state index is 0.0860. The van der Waals surface area contributed by atoms with Crippen molar-refractivity contribution in [3.63, 3.8) is 0 Å². The number of aromatic nitrogens is 1. The van der Waals surface area contributed by atoms with E-state index in [9.17, 15) is 28.0 Å². The number of hydrogen-bond acceptors (Lipinski definition) is 5. The molecule has 2 aliphatic heterocycles. The Labute approximate surface area is 246 Å². The van der Waals surface area contributed by atoms with Gasteiger partial charge in [-0.2, -0.15) is 0 Å². The maximum atomic E-state index is 14.5. The number of halogens is 3. The normalized spacial score (nSPS) is 20.4. The summed E-state index contributed by atoms with van der Waals surface area (Å²) in [4.78, 5) is 55.0. The minimum Gasteiger partial charge on any atom is -0.350 e. The summed E-state index contributed by atoms with van der Waals surface area (Å²) in [6, 6.07) is 8.32. The fourth-order valence-corrected chi connectivity index (χ4v) is 5.95. The van der Waals surface area contributed by atoms with Gasteiger partial charge in [0.1, 0.15) is 24.6 Å². The average molecular weight is 600 g/mol. The van der Waals surface area contributed by atoms with Crippen molar-refractivity contribution in [1.29, 1.82) is 0 Å². The second-order valence-electron chi connectivity index (χ2n) is 10.9. The van der Waals surface area contributed by atoms with Gasteiger partial charge < -0.3 is 25.4 Å². The second kappa shape index (κ2) is 12.2. The molecule has 2 saturated heterocycles. The number of likely N-dealkylation sites (tertiary alicyclic amines) is 2. The van der Waals surface area contributed by atoms with Crippen molar-refractivity contribution in [3.05, 3.63) is 70.1 Å². The van der Waals surface area contributed by atoms with Gasteiger partial charge in [0.2, 0.25) is 11.8 Å². The minimum atomic E-state index is -1.41. The van der Waals surface area contributed by atoms with Gasteiger partial charge in [-0.15, -0.1) is 0 Å². The van der Waals surface area contributed by atoms with Gasteiger partial charge in [0, 0.05) is 54.3 Å². The van der Waals surface area contributed by atoms with Crippen molar-refractivity contribution >= 4 is 46.0 Å². The zero-order chi connectivity index (χ0) is 30.1. The first-order chi connectivity index (χ1) is 20.1. The quantitative estimate of drug-likeness (QED) is 0.385. The first-order valence-corrected chi connectivity index (χ1v) is 14.2. The average Bonchev–Trinajstić information content (AvgIpc) is 3.70. The summed E-state index contributed by atoms with van der Waals surface area (Å²) in [5.74, 6) is -1.94. The summed E-state index contributed by atoms with van der Waals surface area (Å²) >= 11 is 5.81. The number of nitrogens with two attached hydrogens (primary N) is 1. The Morgan fingerprint density at radius 2 is 1.93 bits per heavy atom. The van der Waals surface area contributed by atoms with Crippen LogP contribution >= 0.6 is 11.6 Å². The van der Waals surface area contributed by atoms with Crippen LogP contribution in [-0.2, 0) is 22.7 Å². The molecule has 3 aromatic rings. The molecule has 3 amide bonds. The largest absolute Gasteiger partial charge is 0.350 e. The molecule has 3 heterocycles. The number of ketones is 1. The molecule has 0 bridgehead atoms. The second-order valence-corrected chi connectivity index (χ2v) is 11.3. The maximum absolute atomic E-state index is 14.5. The zero-order valence-electron chi connectivity index (χ0n) is 23.1. The molecule has 222 valence electrons. The van der Waals surface area contributed by atoms with E-state index in [0.29, 0.717) is 41.7 Å². The SMILES string of the molecule is CC(=O)c1cn(CC(=O)N2C[C@H](F)C[C@H]2C(=O)NCc2cccc(Cl)c2F)c2cc(C(=O)N3CCC(CN)C3)ccc12. The first kappa shape index (κ1) is 29.7. The standard InChI is InChI=1S/C30H32ClF2N5O4/c1-17(39)23-15-37(25-9-19(5-6-22(23)25)30(42)36-8-7-18(11-34)13-36)16-27(40)38-14-21(32)10-26(38)29(41)35-12-20-3-2-4-24(31)28(20)33/h2-6,9,15,18,21,26H,7-8,10-14,16,34H2,1H3,(H,35,41)/t18?,21-,26+/m1/s1. The number of carbonyl (C=O) groups excluding carboxylic acids is 4. The van der Waals surface area contributed by atoms with Gasteiger partial charge in [0.05, 0.1) is 17.1 Å². The molecule has 0 spiro atoms. The van der Waals surface area contributed by atoms with Crippen LogP contribution in [0.4, 0.5) is 8.78 Å². The van der Waals surface area contributed by atoms with E-state index in [4.69, 9.17) is 17.3 Å². The summed E-state index contributed by atoms with van der Waals surface area (Å²) < 4.78 is 30.3. The van der Waals surface area contributed by atoms with Gasteiger partial charge in [-0.25, -0.2) is 8.78 Å². The number of hydrogen-bond donors (Lipinski definition) is 2. The van der Waals surface area contributed by atoms with Gasteiger partial charge in [-0.05, 0) is 44.0 Å². The van der Waals surface area contributed by atoms with Gasteiger partial charge in [-0.3, -0.25) is 19.2 Å². The third-order valence-electron chi connectivity index (χ3n) is 8.08. The predicted molar refractivity (Wildman–Crippen MR) is 153 cm³/mol. The Morgan fingerprint density at radius 1 is 1.14 bits per heavy atom. The molecule has 2 aliphatic rings. The molecular formula is C30H32ClF2N5O4. The third kappa shape index (κ3) is 5.89. The van der Waals surface area contributed by atoms with E-state index in [-0.39, 0.29) is 54.2 Å². The van der Waals surface area contributed by atoms with Gasteiger partial charge >= 0.3 is 0 Å². The fourth-order valence-electron chi connectivity index (χ4n) is 5.76. The van der Waals surface area contributed by atoms with Crippen LogP contribution in [0.15, 0.2) is 42.6 Å². The number of amides is 3. The highest BCUT2D eigenvalue weighted by molar-refractivity contribution is 6.30. The number of alkyl halides is 1. The van der Waals surface area contributed by atoms with E-state index in [1.165, 1.54) is 24.0 Å². The monoisotopic (exact) mass is 599 g/mol. The molecular weight excluding hydrogens is 568 g/mol. The molecule has 42 heavy (non-hydrogen) atoms. The van der Waals surface area contributed by atoms with Crippen LogP contribution in [0.3, 0.4) is 0 Å². The van der Waals surface area contributed by atoms with Crippen LogP contribution in [0.5, 0.6) is 0 Å². The molecule has 3 N–H and O–H groups in total. The predicted octanol–water partition coefficient (Wildman–Crippen LogP) is 3.31. The van der Waals surface area contributed by atoms with Crippen LogP contribution in [0.2, 0.25) is 5.02 Å². The van der Waals surface area contributed by atoms with Crippen molar-refractivity contribution in [3.8, 4) is 0 Å². The molecule has 0 saturated carbocycles. The molecule has 0 aliphatic carbocycles. The van der Waals surface area contributed by atoms with E-state index in [0.717, 1.165) is 6.42 Å². The topological polar surface area (TPSA) is 118 Å². The van der Waals surface area contributed by atoms with Crippen molar-refractivity contribution in [1.82, 2.24) is 19.7 Å². The van der Waals surface area contributed by atoms with Gasteiger partial charge in [-0.1, -0.05) is 29.8 Å². The molecule has 2 fully saturated rings. The van der Waals surface area contributed by atoms with Crippen LogP contribution in [0.25, 0.3) is 10.9 Å². The Morgan fingerprint density at radius 3 is 2.64 bits per heavy atom. The number of nitrogens with zero attached hydrogens (tertiary/aromatic N) is 3. The highest BCUT2D eigenvalue weighted by Gasteiger charge is 2.40. The molecule has 0 radical (unpaired) electrons. The Balaban J connectivity index is 1.36. The molecule has 9 nitrogen and oxygen atoms in total. The van der Waals surface area contributed by atoms with Crippen molar-refractivity contribution in [2.24, 2.45) is 11.7 Å². The third-order valence-corrected chi connectivity index (χ3v) is 8.37. The number of Topliss-reactive ketones (excluding diaryl/α,β-unsaturated/α-hetero) is 1.